The zero-order valence-electron chi connectivity index (χ0n) is 17.2. The van der Waals surface area contributed by atoms with E-state index in [0.29, 0.717) is 24.4 Å². The van der Waals surface area contributed by atoms with E-state index >= 15 is 0 Å². The number of carbonyl (C=O) groups excluding carboxylic acids is 1. The van der Waals surface area contributed by atoms with Gasteiger partial charge in [0, 0.05) is 31.0 Å². The van der Waals surface area contributed by atoms with Gasteiger partial charge in [-0.2, -0.15) is 0 Å². The summed E-state index contributed by atoms with van der Waals surface area (Å²) >= 11 is 0. The van der Waals surface area contributed by atoms with Crippen molar-refractivity contribution in [2.75, 3.05) is 26.2 Å². The summed E-state index contributed by atoms with van der Waals surface area (Å²) in [7, 11) is -3.82. The summed E-state index contributed by atoms with van der Waals surface area (Å²) in [6.07, 6.45) is 1.71. The van der Waals surface area contributed by atoms with Gasteiger partial charge in [-0.3, -0.25) is 4.90 Å². The Morgan fingerprint density at radius 2 is 1.93 bits per heavy atom. The summed E-state index contributed by atoms with van der Waals surface area (Å²) in [5.41, 5.74) is 3.76. The average molecular weight is 420 g/mol. The van der Waals surface area contributed by atoms with Crippen LogP contribution in [0.3, 0.4) is 0 Å². The van der Waals surface area contributed by atoms with Gasteiger partial charge in [-0.25, -0.2) is 17.9 Å². The smallest absolute Gasteiger partial charge is 0.341 e. The first-order chi connectivity index (χ1) is 13.8. The van der Waals surface area contributed by atoms with Crippen molar-refractivity contribution in [1.29, 1.82) is 0 Å². The van der Waals surface area contributed by atoms with Gasteiger partial charge in [0.2, 0.25) is 10.0 Å². The van der Waals surface area contributed by atoms with Gasteiger partial charge in [-0.15, -0.1) is 0 Å². The molecular weight excluding hydrogens is 390 g/mol. The van der Waals surface area contributed by atoms with E-state index in [1.807, 2.05) is 0 Å². The largest absolute Gasteiger partial charge is 0.462 e. The third kappa shape index (κ3) is 4.88. The van der Waals surface area contributed by atoms with Gasteiger partial charge in [0.15, 0.2) is 0 Å². The summed E-state index contributed by atoms with van der Waals surface area (Å²) in [5.74, 6) is -0.623. The number of ether oxygens (including phenoxy) is 1. The lowest BCUT2D eigenvalue weighted by Gasteiger charge is -2.28. The molecular formula is C21H29N3O4S. The SMILES string of the molecule is CCOC(=O)c1c(C)[nH]c(C)c1S(=O)(=O)NCCCN1CCc2ccccc2C1. The van der Waals surface area contributed by atoms with Crippen LogP contribution >= 0.6 is 0 Å². The molecule has 2 N–H and O–H groups in total. The van der Waals surface area contributed by atoms with E-state index < -0.39 is 16.0 Å². The third-order valence-corrected chi connectivity index (χ3v) is 6.85. The molecule has 7 nitrogen and oxygen atoms in total. The summed E-state index contributed by atoms with van der Waals surface area (Å²) < 4.78 is 33.4. The molecule has 1 aliphatic rings. The highest BCUT2D eigenvalue weighted by atomic mass is 32.2. The van der Waals surface area contributed by atoms with E-state index in [1.54, 1.807) is 20.8 Å². The maximum Gasteiger partial charge on any atom is 0.341 e. The second kappa shape index (κ2) is 9.11. The molecule has 0 bridgehead atoms. The molecule has 8 heteroatoms. The zero-order valence-corrected chi connectivity index (χ0v) is 18.1. The predicted octanol–water partition coefficient (Wildman–Crippen LogP) is 2.53. The first-order valence-electron chi connectivity index (χ1n) is 9.98. The van der Waals surface area contributed by atoms with Crippen LogP contribution in [0.25, 0.3) is 0 Å². The minimum Gasteiger partial charge on any atom is -0.462 e. The molecule has 0 spiro atoms. The number of hydrogen-bond donors (Lipinski definition) is 2. The van der Waals surface area contributed by atoms with Gasteiger partial charge in [-0.1, -0.05) is 24.3 Å². The van der Waals surface area contributed by atoms with Crippen LogP contribution in [0, 0.1) is 13.8 Å². The fourth-order valence-electron chi connectivity index (χ4n) is 3.87. The molecule has 0 amide bonds. The van der Waals surface area contributed by atoms with Gasteiger partial charge >= 0.3 is 5.97 Å². The Morgan fingerprint density at radius 1 is 1.21 bits per heavy atom. The molecule has 0 fully saturated rings. The fourth-order valence-corrected chi connectivity index (χ4v) is 5.39. The molecule has 0 atom stereocenters. The lowest BCUT2D eigenvalue weighted by Crippen LogP contribution is -2.34. The van der Waals surface area contributed by atoms with Crippen molar-refractivity contribution >= 4 is 16.0 Å². The first kappa shape index (κ1) is 21.5. The van der Waals surface area contributed by atoms with Gasteiger partial charge < -0.3 is 9.72 Å². The van der Waals surface area contributed by atoms with Crippen LogP contribution in [-0.4, -0.2) is 50.5 Å². The summed E-state index contributed by atoms with van der Waals surface area (Å²) in [5, 5.41) is 0. The standard InChI is InChI=1S/C21H29N3O4S/c1-4-28-21(25)19-15(2)23-16(3)20(19)29(26,27)22-11-7-12-24-13-10-17-8-5-6-9-18(17)14-24/h5-6,8-9,22-23H,4,7,10-14H2,1-3H3. The Kier molecular flexibility index (Phi) is 6.77. The second-order valence-corrected chi connectivity index (χ2v) is 9.05. The highest BCUT2D eigenvalue weighted by molar-refractivity contribution is 7.89. The topological polar surface area (TPSA) is 91.5 Å². The van der Waals surface area contributed by atoms with Crippen molar-refractivity contribution in [2.24, 2.45) is 0 Å². The Bertz CT molecular complexity index is 982. The summed E-state index contributed by atoms with van der Waals surface area (Å²) in [6, 6.07) is 8.44. The van der Waals surface area contributed by atoms with Crippen LogP contribution in [0.1, 0.15) is 46.2 Å². The van der Waals surface area contributed by atoms with Gasteiger partial charge in [0.05, 0.1) is 6.61 Å². The minimum absolute atomic E-state index is 0.0136. The number of benzene rings is 1. The molecule has 2 heterocycles. The van der Waals surface area contributed by atoms with Crippen LogP contribution in [0.4, 0.5) is 0 Å². The molecule has 2 aromatic rings. The average Bonchev–Trinajstić information content (AvgIpc) is 3.00. The summed E-state index contributed by atoms with van der Waals surface area (Å²) in [6.45, 7) is 8.20. The first-order valence-corrected chi connectivity index (χ1v) is 11.5. The van der Waals surface area contributed by atoms with Gasteiger partial charge in [-0.05, 0) is 51.3 Å². The normalized spacial score (nSPS) is 14.6. The number of carbonyl (C=O) groups is 1. The lowest BCUT2D eigenvalue weighted by molar-refractivity contribution is 0.0521. The van der Waals surface area contributed by atoms with E-state index in [2.05, 4.69) is 38.9 Å². The van der Waals surface area contributed by atoms with Crippen LogP contribution in [0.5, 0.6) is 0 Å². The molecule has 0 saturated carbocycles. The number of sulfonamides is 1. The number of aromatic amines is 1. The number of rotatable bonds is 8. The predicted molar refractivity (Wildman–Crippen MR) is 111 cm³/mol. The number of aromatic nitrogens is 1. The van der Waals surface area contributed by atoms with E-state index in [9.17, 15) is 13.2 Å². The van der Waals surface area contributed by atoms with E-state index in [1.165, 1.54) is 11.1 Å². The quantitative estimate of drug-likeness (QED) is 0.507. The van der Waals surface area contributed by atoms with Crippen LogP contribution < -0.4 is 4.72 Å². The Labute approximate surface area is 172 Å². The molecule has 3 rings (SSSR count). The molecule has 0 aliphatic carbocycles. The van der Waals surface area contributed by atoms with Crippen molar-refractivity contribution in [1.82, 2.24) is 14.6 Å². The number of esters is 1. The van der Waals surface area contributed by atoms with Crippen LogP contribution in [0.15, 0.2) is 29.2 Å². The van der Waals surface area contributed by atoms with Crippen molar-refractivity contribution in [3.05, 3.63) is 52.3 Å². The number of nitrogens with zero attached hydrogens (tertiary/aromatic N) is 1. The monoisotopic (exact) mass is 419 g/mol. The van der Waals surface area contributed by atoms with Crippen molar-refractivity contribution in [3.8, 4) is 0 Å². The molecule has 0 radical (unpaired) electrons. The van der Waals surface area contributed by atoms with E-state index in [0.717, 1.165) is 26.1 Å². The molecule has 1 aromatic heterocycles. The Balaban J connectivity index is 1.59. The van der Waals surface area contributed by atoms with E-state index in [4.69, 9.17) is 4.74 Å². The molecule has 1 aromatic carbocycles. The summed E-state index contributed by atoms with van der Waals surface area (Å²) in [4.78, 5) is 17.5. The van der Waals surface area contributed by atoms with Crippen LogP contribution in [-0.2, 0) is 27.7 Å². The highest BCUT2D eigenvalue weighted by Crippen LogP contribution is 2.24. The Hall–Kier alpha value is -2.16. The lowest BCUT2D eigenvalue weighted by atomic mass is 10.00. The highest BCUT2D eigenvalue weighted by Gasteiger charge is 2.29. The maximum atomic E-state index is 12.9. The number of H-pyrrole nitrogens is 1. The zero-order chi connectivity index (χ0) is 21.0. The van der Waals surface area contributed by atoms with Crippen molar-refractivity contribution in [3.63, 3.8) is 0 Å². The second-order valence-electron chi connectivity index (χ2n) is 7.35. The number of aryl methyl sites for hydroxylation is 2. The third-order valence-electron chi connectivity index (χ3n) is 5.22. The molecule has 0 saturated heterocycles. The molecule has 0 unspecified atom stereocenters. The number of fused-ring (bicyclic) bond motifs is 1. The van der Waals surface area contributed by atoms with Crippen molar-refractivity contribution in [2.45, 2.75) is 45.1 Å². The van der Waals surface area contributed by atoms with Gasteiger partial charge in [0.1, 0.15) is 10.5 Å². The number of hydrogen-bond acceptors (Lipinski definition) is 5. The maximum absolute atomic E-state index is 12.9. The Morgan fingerprint density at radius 3 is 2.66 bits per heavy atom. The molecule has 158 valence electrons. The van der Waals surface area contributed by atoms with Gasteiger partial charge in [0.25, 0.3) is 0 Å². The fraction of sp³-hybridized carbons (Fsp3) is 0.476. The minimum atomic E-state index is -3.82. The number of nitrogens with one attached hydrogen (secondary N) is 2. The molecule has 1 aliphatic heterocycles. The molecule has 29 heavy (non-hydrogen) atoms. The van der Waals surface area contributed by atoms with Crippen molar-refractivity contribution < 1.29 is 17.9 Å². The van der Waals surface area contributed by atoms with E-state index in [-0.39, 0.29) is 17.1 Å². The van der Waals surface area contributed by atoms with Crippen LogP contribution in [0.2, 0.25) is 0 Å².